The molecule has 1 aromatic carbocycles. The van der Waals surface area contributed by atoms with Gasteiger partial charge in [0.05, 0.1) is 11.7 Å². The second kappa shape index (κ2) is 6.20. The number of halogens is 1. The molecule has 3 nitrogen and oxygen atoms in total. The summed E-state index contributed by atoms with van der Waals surface area (Å²) >= 11 is 10.9. The number of hydrogen-bond acceptors (Lipinski definition) is 3. The SMILES string of the molecule is CC(c1ccc(Cl)cc1)N(C)c1ccnc(C(N)=S)c1. The van der Waals surface area contributed by atoms with Crippen molar-refractivity contribution in [3.05, 3.63) is 58.9 Å². The molecule has 104 valence electrons. The lowest BCUT2D eigenvalue weighted by molar-refractivity contribution is 0.739. The average Bonchev–Trinajstić information content (AvgIpc) is 2.46. The Kier molecular flexibility index (Phi) is 4.57. The van der Waals surface area contributed by atoms with Crippen molar-refractivity contribution >= 4 is 34.5 Å². The maximum Gasteiger partial charge on any atom is 0.122 e. The third-order valence-electron chi connectivity index (χ3n) is 3.34. The number of rotatable bonds is 4. The van der Waals surface area contributed by atoms with Crippen LogP contribution in [0, 0.1) is 0 Å². The molecular formula is C15H16ClN3S. The van der Waals surface area contributed by atoms with Crippen molar-refractivity contribution in [3.63, 3.8) is 0 Å². The summed E-state index contributed by atoms with van der Waals surface area (Å²) in [5.41, 5.74) is 8.46. The minimum Gasteiger partial charge on any atom is -0.388 e. The van der Waals surface area contributed by atoms with Crippen LogP contribution in [-0.2, 0) is 0 Å². The average molecular weight is 306 g/mol. The second-order valence-electron chi connectivity index (χ2n) is 4.60. The zero-order valence-electron chi connectivity index (χ0n) is 11.4. The highest BCUT2D eigenvalue weighted by molar-refractivity contribution is 7.80. The highest BCUT2D eigenvalue weighted by Gasteiger charge is 2.13. The molecule has 0 aliphatic heterocycles. The van der Waals surface area contributed by atoms with Crippen LogP contribution >= 0.6 is 23.8 Å². The van der Waals surface area contributed by atoms with Crippen LogP contribution in [0.5, 0.6) is 0 Å². The number of benzene rings is 1. The van der Waals surface area contributed by atoms with Gasteiger partial charge in [0.15, 0.2) is 0 Å². The topological polar surface area (TPSA) is 42.2 Å². The van der Waals surface area contributed by atoms with Crippen LogP contribution in [-0.4, -0.2) is 17.0 Å². The lowest BCUT2D eigenvalue weighted by atomic mass is 10.1. The summed E-state index contributed by atoms with van der Waals surface area (Å²) in [5.74, 6) is 0. The molecule has 2 aromatic rings. The Balaban J connectivity index is 2.26. The fourth-order valence-corrected chi connectivity index (χ4v) is 2.20. The zero-order chi connectivity index (χ0) is 14.7. The van der Waals surface area contributed by atoms with Crippen molar-refractivity contribution in [2.75, 3.05) is 11.9 Å². The number of hydrogen-bond donors (Lipinski definition) is 1. The third-order valence-corrected chi connectivity index (χ3v) is 3.80. The Morgan fingerprint density at radius 2 is 1.95 bits per heavy atom. The summed E-state index contributed by atoms with van der Waals surface area (Å²) in [6, 6.07) is 11.9. The van der Waals surface area contributed by atoms with E-state index in [0.717, 1.165) is 10.7 Å². The molecule has 0 spiro atoms. The van der Waals surface area contributed by atoms with Gasteiger partial charge in [0, 0.05) is 24.0 Å². The molecule has 0 aliphatic rings. The number of nitrogens with two attached hydrogens (primary N) is 1. The Morgan fingerprint density at radius 1 is 1.30 bits per heavy atom. The summed E-state index contributed by atoms with van der Waals surface area (Å²) in [6.45, 7) is 2.13. The molecule has 0 bridgehead atoms. The Bertz CT molecular complexity index is 613. The number of pyridine rings is 1. The van der Waals surface area contributed by atoms with E-state index in [-0.39, 0.29) is 6.04 Å². The first-order valence-electron chi connectivity index (χ1n) is 6.23. The van der Waals surface area contributed by atoms with E-state index >= 15 is 0 Å². The largest absolute Gasteiger partial charge is 0.388 e. The van der Waals surface area contributed by atoms with Crippen LogP contribution in [0.15, 0.2) is 42.6 Å². The van der Waals surface area contributed by atoms with Gasteiger partial charge in [-0.1, -0.05) is 36.0 Å². The van der Waals surface area contributed by atoms with E-state index < -0.39 is 0 Å². The van der Waals surface area contributed by atoms with Crippen molar-refractivity contribution < 1.29 is 0 Å². The lowest BCUT2D eigenvalue weighted by Gasteiger charge is -2.27. The zero-order valence-corrected chi connectivity index (χ0v) is 12.9. The highest BCUT2D eigenvalue weighted by Crippen LogP contribution is 2.26. The molecule has 0 saturated carbocycles. The minimum absolute atomic E-state index is 0.203. The monoisotopic (exact) mass is 305 g/mol. The van der Waals surface area contributed by atoms with Crippen molar-refractivity contribution in [1.82, 2.24) is 4.98 Å². The maximum atomic E-state index is 5.92. The van der Waals surface area contributed by atoms with Crippen molar-refractivity contribution in [3.8, 4) is 0 Å². The van der Waals surface area contributed by atoms with Crippen molar-refractivity contribution in [2.45, 2.75) is 13.0 Å². The molecule has 0 fully saturated rings. The molecule has 0 saturated heterocycles. The fourth-order valence-electron chi connectivity index (χ4n) is 1.96. The second-order valence-corrected chi connectivity index (χ2v) is 5.48. The Morgan fingerprint density at radius 3 is 2.55 bits per heavy atom. The molecule has 1 unspecified atom stereocenters. The van der Waals surface area contributed by atoms with Crippen molar-refractivity contribution in [2.24, 2.45) is 5.73 Å². The molecule has 0 aliphatic carbocycles. The van der Waals surface area contributed by atoms with Gasteiger partial charge in [-0.2, -0.15) is 0 Å². The van der Waals surface area contributed by atoms with E-state index in [1.54, 1.807) is 6.20 Å². The van der Waals surface area contributed by atoms with Gasteiger partial charge in [0.1, 0.15) is 4.99 Å². The maximum absolute atomic E-state index is 5.92. The Hall–Kier alpha value is -1.65. The molecule has 2 rings (SSSR count). The van der Waals surface area contributed by atoms with Gasteiger partial charge >= 0.3 is 0 Å². The van der Waals surface area contributed by atoms with E-state index in [2.05, 4.69) is 16.8 Å². The van der Waals surface area contributed by atoms with E-state index in [1.807, 2.05) is 43.4 Å². The first-order chi connectivity index (χ1) is 9.49. The van der Waals surface area contributed by atoms with Crippen LogP contribution in [0.1, 0.15) is 24.2 Å². The highest BCUT2D eigenvalue weighted by atomic mass is 35.5. The molecule has 20 heavy (non-hydrogen) atoms. The Labute approximate surface area is 129 Å². The predicted octanol–water partition coefficient (Wildman–Crippen LogP) is 3.57. The molecule has 1 aromatic heterocycles. The lowest BCUT2D eigenvalue weighted by Crippen LogP contribution is -2.22. The van der Waals surface area contributed by atoms with E-state index in [1.165, 1.54) is 5.56 Å². The molecule has 2 N–H and O–H groups in total. The molecule has 1 heterocycles. The van der Waals surface area contributed by atoms with Gasteiger partial charge in [-0.3, -0.25) is 4.98 Å². The van der Waals surface area contributed by atoms with E-state index in [9.17, 15) is 0 Å². The normalized spacial score (nSPS) is 11.9. The molecular weight excluding hydrogens is 290 g/mol. The van der Waals surface area contributed by atoms with Gasteiger partial charge in [-0.15, -0.1) is 0 Å². The first kappa shape index (κ1) is 14.8. The van der Waals surface area contributed by atoms with Crippen LogP contribution in [0.25, 0.3) is 0 Å². The third kappa shape index (κ3) is 3.26. The van der Waals surface area contributed by atoms with Gasteiger partial charge in [0.25, 0.3) is 0 Å². The predicted molar refractivity (Wildman–Crippen MR) is 88.4 cm³/mol. The number of aromatic nitrogens is 1. The number of anilines is 1. The first-order valence-corrected chi connectivity index (χ1v) is 7.02. The minimum atomic E-state index is 0.203. The quantitative estimate of drug-likeness (QED) is 0.877. The van der Waals surface area contributed by atoms with Gasteiger partial charge in [-0.25, -0.2) is 0 Å². The van der Waals surface area contributed by atoms with Crippen molar-refractivity contribution in [1.29, 1.82) is 0 Å². The molecule has 0 radical (unpaired) electrons. The van der Waals surface area contributed by atoms with Gasteiger partial charge < -0.3 is 10.6 Å². The summed E-state index contributed by atoms with van der Waals surface area (Å²) in [4.78, 5) is 6.61. The number of nitrogens with zero attached hydrogens (tertiary/aromatic N) is 2. The standard InChI is InChI=1S/C15H16ClN3S/c1-10(11-3-5-12(16)6-4-11)19(2)13-7-8-18-14(9-13)15(17)20/h3-10H,1-2H3,(H2,17,20). The summed E-state index contributed by atoms with van der Waals surface area (Å²) in [5, 5.41) is 0.739. The van der Waals surface area contributed by atoms with E-state index in [0.29, 0.717) is 10.7 Å². The van der Waals surface area contributed by atoms with Gasteiger partial charge in [0.2, 0.25) is 0 Å². The van der Waals surface area contributed by atoms with E-state index in [4.69, 9.17) is 29.6 Å². The molecule has 1 atom stereocenters. The summed E-state index contributed by atoms with van der Waals surface area (Å²) in [7, 11) is 2.03. The smallest absolute Gasteiger partial charge is 0.122 e. The van der Waals surface area contributed by atoms with Crippen LogP contribution in [0.3, 0.4) is 0 Å². The number of thiocarbonyl (C=S) groups is 1. The molecule has 0 amide bonds. The fraction of sp³-hybridized carbons (Fsp3) is 0.200. The van der Waals surface area contributed by atoms with Crippen LogP contribution in [0.4, 0.5) is 5.69 Å². The molecule has 5 heteroatoms. The van der Waals surface area contributed by atoms with Gasteiger partial charge in [-0.05, 0) is 36.8 Å². The van der Waals surface area contributed by atoms with Crippen LogP contribution < -0.4 is 10.6 Å². The summed E-state index contributed by atoms with van der Waals surface area (Å²) < 4.78 is 0. The summed E-state index contributed by atoms with van der Waals surface area (Å²) in [6.07, 6.45) is 1.72. The van der Waals surface area contributed by atoms with Crippen LogP contribution in [0.2, 0.25) is 5.02 Å².